The topological polar surface area (TPSA) is 47.6 Å². The van der Waals surface area contributed by atoms with Crippen LogP contribution in [-0.2, 0) is 4.74 Å². The third kappa shape index (κ3) is 4.02. The van der Waals surface area contributed by atoms with Crippen molar-refractivity contribution in [3.8, 4) is 18.1 Å². The molecule has 0 spiro atoms. The molecule has 1 aromatic carbocycles. The molecule has 18 heavy (non-hydrogen) atoms. The maximum absolute atomic E-state index is 11.6. The molecule has 0 aromatic heterocycles. The molecule has 0 aliphatic rings. The van der Waals surface area contributed by atoms with Gasteiger partial charge in [0.05, 0.1) is 12.8 Å². The molecule has 0 aliphatic carbocycles. The van der Waals surface area contributed by atoms with Gasteiger partial charge in [-0.15, -0.1) is 6.42 Å². The predicted octanol–water partition coefficient (Wildman–Crippen LogP) is 3.02. The second-order valence-corrected chi connectivity index (χ2v) is 4.69. The van der Waals surface area contributed by atoms with Gasteiger partial charge in [0.1, 0.15) is 11.4 Å². The van der Waals surface area contributed by atoms with E-state index < -0.39 is 11.7 Å². The van der Waals surface area contributed by atoms with Gasteiger partial charge >= 0.3 is 6.09 Å². The van der Waals surface area contributed by atoms with E-state index in [2.05, 4.69) is 11.2 Å². The number of methoxy groups -OCH3 is 1. The SMILES string of the molecule is C#Cc1ccc(NC(=O)OC(C)(C)C)c(OC)c1. The molecule has 1 N–H and O–H groups in total. The first-order chi connectivity index (χ1) is 8.35. The highest BCUT2D eigenvalue weighted by Crippen LogP contribution is 2.25. The van der Waals surface area contributed by atoms with Crippen LogP contribution in [0.15, 0.2) is 18.2 Å². The maximum atomic E-state index is 11.6. The van der Waals surface area contributed by atoms with Crippen LogP contribution in [0.1, 0.15) is 26.3 Å². The minimum atomic E-state index is -0.546. The molecule has 0 saturated carbocycles. The average Bonchev–Trinajstić information content (AvgIpc) is 2.27. The van der Waals surface area contributed by atoms with Crippen LogP contribution in [0.3, 0.4) is 0 Å². The highest BCUT2D eigenvalue weighted by Gasteiger charge is 2.17. The fraction of sp³-hybridized carbons (Fsp3) is 0.357. The third-order valence-electron chi connectivity index (χ3n) is 2.00. The lowest BCUT2D eigenvalue weighted by atomic mass is 10.2. The zero-order chi connectivity index (χ0) is 13.8. The van der Waals surface area contributed by atoms with Gasteiger partial charge in [-0.25, -0.2) is 4.79 Å². The van der Waals surface area contributed by atoms with Crippen LogP contribution in [0.2, 0.25) is 0 Å². The summed E-state index contributed by atoms with van der Waals surface area (Å²) in [6, 6.07) is 5.07. The second-order valence-electron chi connectivity index (χ2n) is 4.69. The van der Waals surface area contributed by atoms with E-state index >= 15 is 0 Å². The fourth-order valence-electron chi connectivity index (χ4n) is 1.30. The Labute approximate surface area is 107 Å². The van der Waals surface area contributed by atoms with Crippen molar-refractivity contribution in [1.29, 1.82) is 0 Å². The van der Waals surface area contributed by atoms with Crippen molar-refractivity contribution in [2.45, 2.75) is 26.4 Å². The molecule has 0 radical (unpaired) electrons. The van der Waals surface area contributed by atoms with Crippen molar-refractivity contribution in [2.75, 3.05) is 12.4 Å². The zero-order valence-corrected chi connectivity index (χ0v) is 11.0. The van der Waals surface area contributed by atoms with Gasteiger partial charge in [0.2, 0.25) is 0 Å². The summed E-state index contributed by atoms with van der Waals surface area (Å²) in [7, 11) is 1.51. The molecule has 0 heterocycles. The summed E-state index contributed by atoms with van der Waals surface area (Å²) in [6.45, 7) is 5.39. The molecule has 1 aromatic rings. The Hall–Kier alpha value is -2.15. The summed E-state index contributed by atoms with van der Waals surface area (Å²) in [4.78, 5) is 11.6. The summed E-state index contributed by atoms with van der Waals surface area (Å²) in [5, 5.41) is 2.61. The molecular weight excluding hydrogens is 230 g/mol. The summed E-state index contributed by atoms with van der Waals surface area (Å²) in [6.07, 6.45) is 4.76. The Morgan fingerprint density at radius 1 is 1.39 bits per heavy atom. The van der Waals surface area contributed by atoms with Crippen molar-refractivity contribution in [3.05, 3.63) is 23.8 Å². The normalized spacial score (nSPS) is 10.4. The Bertz CT molecular complexity index is 481. The summed E-state index contributed by atoms with van der Waals surface area (Å²) < 4.78 is 10.3. The number of hydrogen-bond acceptors (Lipinski definition) is 3. The van der Waals surface area contributed by atoms with Gasteiger partial charge in [-0.3, -0.25) is 5.32 Å². The number of carbonyl (C=O) groups excluding carboxylic acids is 1. The summed E-state index contributed by atoms with van der Waals surface area (Å²) >= 11 is 0. The van der Waals surface area contributed by atoms with Crippen molar-refractivity contribution < 1.29 is 14.3 Å². The fourth-order valence-corrected chi connectivity index (χ4v) is 1.30. The van der Waals surface area contributed by atoms with E-state index in [0.29, 0.717) is 17.0 Å². The van der Waals surface area contributed by atoms with Crippen LogP contribution in [0.4, 0.5) is 10.5 Å². The molecule has 1 amide bonds. The number of benzene rings is 1. The molecule has 0 fully saturated rings. The number of nitrogens with one attached hydrogen (secondary N) is 1. The number of anilines is 1. The highest BCUT2D eigenvalue weighted by atomic mass is 16.6. The molecule has 0 saturated heterocycles. The number of ether oxygens (including phenoxy) is 2. The van der Waals surface area contributed by atoms with E-state index in [0.717, 1.165) is 0 Å². The van der Waals surface area contributed by atoms with Gasteiger partial charge < -0.3 is 9.47 Å². The second kappa shape index (κ2) is 5.46. The van der Waals surface area contributed by atoms with Crippen molar-refractivity contribution in [2.24, 2.45) is 0 Å². The molecule has 0 aliphatic heterocycles. The smallest absolute Gasteiger partial charge is 0.412 e. The highest BCUT2D eigenvalue weighted by molar-refractivity contribution is 5.87. The monoisotopic (exact) mass is 247 g/mol. The van der Waals surface area contributed by atoms with Crippen LogP contribution in [0.25, 0.3) is 0 Å². The summed E-state index contributed by atoms with van der Waals surface area (Å²) in [5.41, 5.74) is 0.656. The van der Waals surface area contributed by atoms with Crippen LogP contribution in [-0.4, -0.2) is 18.8 Å². The summed E-state index contributed by atoms with van der Waals surface area (Å²) in [5.74, 6) is 2.99. The maximum Gasteiger partial charge on any atom is 0.412 e. The molecule has 1 rings (SSSR count). The first-order valence-electron chi connectivity index (χ1n) is 5.50. The minimum Gasteiger partial charge on any atom is -0.495 e. The van der Waals surface area contributed by atoms with Crippen molar-refractivity contribution in [1.82, 2.24) is 0 Å². The van der Waals surface area contributed by atoms with E-state index in [-0.39, 0.29) is 0 Å². The van der Waals surface area contributed by atoms with Crippen molar-refractivity contribution >= 4 is 11.8 Å². The molecular formula is C14H17NO3. The molecule has 0 unspecified atom stereocenters. The average molecular weight is 247 g/mol. The Kier molecular flexibility index (Phi) is 4.22. The number of amides is 1. The number of rotatable bonds is 2. The third-order valence-corrected chi connectivity index (χ3v) is 2.00. The van der Waals surface area contributed by atoms with Gasteiger partial charge in [-0.2, -0.15) is 0 Å². The van der Waals surface area contributed by atoms with Gasteiger partial charge in [0, 0.05) is 5.56 Å². The predicted molar refractivity (Wildman–Crippen MR) is 70.8 cm³/mol. The van der Waals surface area contributed by atoms with E-state index in [4.69, 9.17) is 15.9 Å². The minimum absolute atomic E-state index is 0.497. The molecule has 0 bridgehead atoms. The lowest BCUT2D eigenvalue weighted by Crippen LogP contribution is -2.27. The van der Waals surface area contributed by atoms with Gasteiger partial charge in [0.15, 0.2) is 0 Å². The van der Waals surface area contributed by atoms with Crippen LogP contribution >= 0.6 is 0 Å². The van der Waals surface area contributed by atoms with Crippen LogP contribution in [0, 0.1) is 12.3 Å². The van der Waals surface area contributed by atoms with E-state index in [1.807, 2.05) is 0 Å². The number of terminal acetylenes is 1. The molecule has 4 heteroatoms. The van der Waals surface area contributed by atoms with E-state index in [9.17, 15) is 4.79 Å². The Morgan fingerprint density at radius 3 is 2.56 bits per heavy atom. The number of carbonyl (C=O) groups is 1. The van der Waals surface area contributed by atoms with Gasteiger partial charge in [-0.05, 0) is 39.0 Å². The van der Waals surface area contributed by atoms with Crippen LogP contribution < -0.4 is 10.1 Å². The quantitative estimate of drug-likeness (QED) is 0.817. The molecule has 0 atom stereocenters. The van der Waals surface area contributed by atoms with Gasteiger partial charge in [-0.1, -0.05) is 5.92 Å². The first-order valence-corrected chi connectivity index (χ1v) is 5.50. The number of hydrogen-bond donors (Lipinski definition) is 1. The first kappa shape index (κ1) is 13.9. The largest absolute Gasteiger partial charge is 0.495 e. The van der Waals surface area contributed by atoms with E-state index in [1.54, 1.807) is 39.0 Å². The lowest BCUT2D eigenvalue weighted by molar-refractivity contribution is 0.0635. The van der Waals surface area contributed by atoms with Crippen LogP contribution in [0.5, 0.6) is 5.75 Å². The lowest BCUT2D eigenvalue weighted by Gasteiger charge is -2.20. The standard InChI is InChI=1S/C14H17NO3/c1-6-10-7-8-11(12(9-10)17-5)15-13(16)18-14(2,3)4/h1,7-9H,2-5H3,(H,15,16). The van der Waals surface area contributed by atoms with E-state index in [1.165, 1.54) is 7.11 Å². The Morgan fingerprint density at radius 2 is 2.06 bits per heavy atom. The Balaban J connectivity index is 2.85. The van der Waals surface area contributed by atoms with Crippen molar-refractivity contribution in [3.63, 3.8) is 0 Å². The van der Waals surface area contributed by atoms with Gasteiger partial charge in [0.25, 0.3) is 0 Å². The molecule has 96 valence electrons. The zero-order valence-electron chi connectivity index (χ0n) is 11.0. The molecule has 4 nitrogen and oxygen atoms in total.